The van der Waals surface area contributed by atoms with Gasteiger partial charge in [-0.05, 0) is 25.0 Å². The number of nitrogens with zero attached hydrogens (tertiary/aromatic N) is 1. The predicted octanol–water partition coefficient (Wildman–Crippen LogP) is 1.99. The molecule has 3 rings (SSSR count). The molecule has 0 spiro atoms. The molecule has 0 aliphatic heterocycles. The van der Waals surface area contributed by atoms with E-state index in [0.29, 0.717) is 17.1 Å². The lowest BCUT2D eigenvalue weighted by atomic mass is 10.2. The van der Waals surface area contributed by atoms with Crippen molar-refractivity contribution in [3.05, 3.63) is 29.7 Å². The van der Waals surface area contributed by atoms with Gasteiger partial charge in [-0.25, -0.2) is 4.98 Å². The van der Waals surface area contributed by atoms with Crippen LogP contribution in [0.25, 0.3) is 11.1 Å². The smallest absolute Gasteiger partial charge is 0.198 e. The van der Waals surface area contributed by atoms with Gasteiger partial charge in [0.25, 0.3) is 0 Å². The fourth-order valence-corrected chi connectivity index (χ4v) is 1.68. The number of rotatable bonds is 2. The number of hydrogen-bond acceptors (Lipinski definition) is 3. The van der Waals surface area contributed by atoms with Gasteiger partial charge in [-0.15, -0.1) is 0 Å². The first kappa shape index (κ1) is 8.47. The van der Waals surface area contributed by atoms with E-state index in [4.69, 9.17) is 15.6 Å². The third kappa shape index (κ3) is 1.29. The van der Waals surface area contributed by atoms with Crippen molar-refractivity contribution in [1.82, 2.24) is 4.98 Å². The van der Waals surface area contributed by atoms with Crippen LogP contribution in [0.2, 0.25) is 0 Å². The van der Waals surface area contributed by atoms with E-state index in [2.05, 4.69) is 4.98 Å². The van der Waals surface area contributed by atoms with Crippen LogP contribution < -0.4 is 5.73 Å². The lowest BCUT2D eigenvalue weighted by Gasteiger charge is -1.96. The first-order valence-electron chi connectivity index (χ1n) is 4.99. The van der Waals surface area contributed by atoms with Crippen LogP contribution in [0, 0.1) is 5.41 Å². The van der Waals surface area contributed by atoms with Crippen LogP contribution in [0.15, 0.2) is 22.6 Å². The molecule has 0 radical (unpaired) electrons. The number of amidine groups is 1. The summed E-state index contributed by atoms with van der Waals surface area (Å²) in [7, 11) is 0. The molecule has 1 aromatic carbocycles. The predicted molar refractivity (Wildman–Crippen MR) is 57.0 cm³/mol. The number of nitrogens with one attached hydrogen (secondary N) is 1. The van der Waals surface area contributed by atoms with E-state index in [-0.39, 0.29) is 5.84 Å². The fraction of sp³-hybridized carbons (Fsp3) is 0.273. The standard InChI is InChI=1S/C11H11N3O/c12-10(13)7-2-1-3-8-9(7)15-11(14-8)6-4-5-6/h1-3,6H,4-5H2,(H3,12,13). The molecule has 76 valence electrons. The SMILES string of the molecule is N=C(N)c1cccc2nc(C3CC3)oc12. The van der Waals surface area contributed by atoms with Crippen molar-refractivity contribution >= 4 is 16.9 Å². The molecule has 4 heteroatoms. The molecule has 0 atom stereocenters. The molecule has 4 nitrogen and oxygen atoms in total. The van der Waals surface area contributed by atoms with Crippen molar-refractivity contribution in [3.8, 4) is 0 Å². The highest BCUT2D eigenvalue weighted by atomic mass is 16.3. The van der Waals surface area contributed by atoms with Crippen molar-refractivity contribution in [1.29, 1.82) is 5.41 Å². The Bertz CT molecular complexity index is 540. The Morgan fingerprint density at radius 2 is 2.27 bits per heavy atom. The third-order valence-corrected chi connectivity index (χ3v) is 2.65. The van der Waals surface area contributed by atoms with Crippen LogP contribution in [0.5, 0.6) is 0 Å². The van der Waals surface area contributed by atoms with E-state index in [1.54, 1.807) is 6.07 Å². The number of para-hydroxylation sites is 1. The highest BCUT2D eigenvalue weighted by molar-refractivity contribution is 6.04. The molecule has 2 aromatic rings. The highest BCUT2D eigenvalue weighted by Crippen LogP contribution is 2.40. The van der Waals surface area contributed by atoms with Crippen molar-refractivity contribution in [2.24, 2.45) is 5.73 Å². The van der Waals surface area contributed by atoms with E-state index in [9.17, 15) is 0 Å². The van der Waals surface area contributed by atoms with E-state index in [1.807, 2.05) is 12.1 Å². The average Bonchev–Trinajstić information content (AvgIpc) is 2.96. The number of nitrogen functional groups attached to an aromatic ring is 1. The van der Waals surface area contributed by atoms with Crippen LogP contribution in [0.1, 0.15) is 30.2 Å². The van der Waals surface area contributed by atoms with E-state index in [1.165, 1.54) is 0 Å². The van der Waals surface area contributed by atoms with Gasteiger partial charge < -0.3 is 10.2 Å². The first-order valence-corrected chi connectivity index (χ1v) is 4.99. The van der Waals surface area contributed by atoms with Crippen molar-refractivity contribution < 1.29 is 4.42 Å². The fourth-order valence-electron chi connectivity index (χ4n) is 1.68. The molecule has 1 aliphatic carbocycles. The Morgan fingerprint density at radius 1 is 1.47 bits per heavy atom. The summed E-state index contributed by atoms with van der Waals surface area (Å²) in [5, 5.41) is 7.44. The topological polar surface area (TPSA) is 75.9 Å². The Morgan fingerprint density at radius 3 is 2.93 bits per heavy atom. The second kappa shape index (κ2) is 2.82. The zero-order valence-electron chi connectivity index (χ0n) is 8.16. The number of hydrogen-bond donors (Lipinski definition) is 2. The van der Waals surface area contributed by atoms with Gasteiger partial charge in [0.15, 0.2) is 11.5 Å². The molecule has 3 N–H and O–H groups in total. The normalized spacial score (nSPS) is 15.7. The minimum absolute atomic E-state index is 0.0269. The summed E-state index contributed by atoms with van der Waals surface area (Å²) in [5.74, 6) is 1.30. The second-order valence-corrected chi connectivity index (χ2v) is 3.89. The molecule has 0 amide bonds. The van der Waals surface area contributed by atoms with Crippen LogP contribution in [-0.2, 0) is 0 Å². The summed E-state index contributed by atoms with van der Waals surface area (Å²) in [4.78, 5) is 4.40. The summed E-state index contributed by atoms with van der Waals surface area (Å²) in [5.41, 5.74) is 7.55. The van der Waals surface area contributed by atoms with Crippen molar-refractivity contribution in [3.63, 3.8) is 0 Å². The summed E-state index contributed by atoms with van der Waals surface area (Å²) >= 11 is 0. The van der Waals surface area contributed by atoms with Crippen LogP contribution >= 0.6 is 0 Å². The maximum absolute atomic E-state index is 7.44. The summed E-state index contributed by atoms with van der Waals surface area (Å²) in [6, 6.07) is 5.52. The molecule has 15 heavy (non-hydrogen) atoms. The minimum atomic E-state index is 0.0269. The Kier molecular flexibility index (Phi) is 1.59. The summed E-state index contributed by atoms with van der Waals surface area (Å²) < 4.78 is 5.65. The highest BCUT2D eigenvalue weighted by Gasteiger charge is 2.29. The number of nitrogens with two attached hydrogens (primary N) is 1. The Labute approximate surface area is 86.6 Å². The zero-order valence-corrected chi connectivity index (χ0v) is 8.16. The van der Waals surface area contributed by atoms with E-state index >= 15 is 0 Å². The maximum atomic E-state index is 7.44. The van der Waals surface area contributed by atoms with Gasteiger partial charge >= 0.3 is 0 Å². The molecule has 1 aliphatic rings. The van der Waals surface area contributed by atoms with Gasteiger partial charge in [-0.3, -0.25) is 5.41 Å². The number of fused-ring (bicyclic) bond motifs is 1. The molecular formula is C11H11N3O. The number of oxazole rings is 1. The number of benzene rings is 1. The van der Waals surface area contributed by atoms with Gasteiger partial charge in [0.05, 0.1) is 5.56 Å². The monoisotopic (exact) mass is 201 g/mol. The summed E-state index contributed by atoms with van der Waals surface area (Å²) in [6.07, 6.45) is 2.31. The van der Waals surface area contributed by atoms with Crippen molar-refractivity contribution in [2.75, 3.05) is 0 Å². The molecular weight excluding hydrogens is 190 g/mol. The first-order chi connectivity index (χ1) is 7.25. The maximum Gasteiger partial charge on any atom is 0.198 e. The molecule has 0 saturated heterocycles. The lowest BCUT2D eigenvalue weighted by Crippen LogP contribution is -2.10. The molecule has 1 fully saturated rings. The van der Waals surface area contributed by atoms with E-state index in [0.717, 1.165) is 24.2 Å². The van der Waals surface area contributed by atoms with Crippen LogP contribution in [0.4, 0.5) is 0 Å². The quantitative estimate of drug-likeness (QED) is 0.576. The van der Waals surface area contributed by atoms with Gasteiger partial charge in [-0.1, -0.05) is 6.07 Å². The van der Waals surface area contributed by atoms with Crippen LogP contribution in [-0.4, -0.2) is 10.8 Å². The van der Waals surface area contributed by atoms with Crippen LogP contribution in [0.3, 0.4) is 0 Å². The van der Waals surface area contributed by atoms with Gasteiger partial charge in [0.1, 0.15) is 11.4 Å². The van der Waals surface area contributed by atoms with Crippen molar-refractivity contribution in [2.45, 2.75) is 18.8 Å². The van der Waals surface area contributed by atoms with Gasteiger partial charge in [0, 0.05) is 5.92 Å². The van der Waals surface area contributed by atoms with Gasteiger partial charge in [-0.2, -0.15) is 0 Å². The number of aromatic nitrogens is 1. The Hall–Kier alpha value is -1.84. The lowest BCUT2D eigenvalue weighted by molar-refractivity contribution is 0.532. The largest absolute Gasteiger partial charge is 0.440 e. The molecule has 1 heterocycles. The molecule has 0 unspecified atom stereocenters. The second-order valence-electron chi connectivity index (χ2n) is 3.89. The van der Waals surface area contributed by atoms with E-state index < -0.39 is 0 Å². The molecule has 0 bridgehead atoms. The summed E-state index contributed by atoms with van der Waals surface area (Å²) in [6.45, 7) is 0. The van der Waals surface area contributed by atoms with Gasteiger partial charge in [0.2, 0.25) is 0 Å². The molecule has 1 aromatic heterocycles. The molecule has 1 saturated carbocycles. The third-order valence-electron chi connectivity index (χ3n) is 2.65. The minimum Gasteiger partial charge on any atom is -0.440 e. The Balaban J connectivity index is 2.23. The zero-order chi connectivity index (χ0) is 10.4. The average molecular weight is 201 g/mol.